The maximum Gasteiger partial charge on any atom is 0.242 e. The van der Waals surface area contributed by atoms with E-state index in [1.54, 1.807) is 0 Å². The van der Waals surface area contributed by atoms with Crippen LogP contribution in [0, 0.1) is 0 Å². The maximum absolute atomic E-state index is 11.7. The van der Waals surface area contributed by atoms with E-state index in [2.05, 4.69) is 20.8 Å². The lowest BCUT2D eigenvalue weighted by Crippen LogP contribution is -2.33. The van der Waals surface area contributed by atoms with Crippen molar-refractivity contribution in [2.75, 3.05) is 6.61 Å². The molecule has 94 valence electrons. The van der Waals surface area contributed by atoms with Gasteiger partial charge in [0.05, 0.1) is 12.6 Å². The van der Waals surface area contributed by atoms with Gasteiger partial charge in [-0.1, -0.05) is 30.3 Å². The first kappa shape index (κ1) is 12.2. The van der Waals surface area contributed by atoms with E-state index in [0.29, 0.717) is 0 Å². The van der Waals surface area contributed by atoms with Crippen LogP contribution in [0.25, 0.3) is 0 Å². The van der Waals surface area contributed by atoms with Crippen molar-refractivity contribution in [1.82, 2.24) is 25.5 Å². The standard InChI is InChI=1S/C11H13N5O2/c17-7-10(9-4-2-1-3-5-9)13-11(18)6-16-8-12-14-15-16/h1-5,8,10,17H,6-7H2,(H,13,18)/t10-/m0/s1. The van der Waals surface area contributed by atoms with E-state index in [1.165, 1.54) is 11.0 Å². The molecule has 0 fully saturated rings. The Hall–Kier alpha value is -2.28. The van der Waals surface area contributed by atoms with Gasteiger partial charge in [0, 0.05) is 0 Å². The zero-order valence-corrected chi connectivity index (χ0v) is 9.60. The fraction of sp³-hybridized carbons (Fsp3) is 0.273. The summed E-state index contributed by atoms with van der Waals surface area (Å²) in [5, 5.41) is 22.5. The normalized spacial score (nSPS) is 12.1. The lowest BCUT2D eigenvalue weighted by Gasteiger charge is -2.16. The second-order valence-electron chi connectivity index (χ2n) is 3.72. The third kappa shape index (κ3) is 3.11. The summed E-state index contributed by atoms with van der Waals surface area (Å²) in [7, 11) is 0. The van der Waals surface area contributed by atoms with Crippen molar-refractivity contribution in [2.45, 2.75) is 12.6 Å². The highest BCUT2D eigenvalue weighted by atomic mass is 16.3. The summed E-state index contributed by atoms with van der Waals surface area (Å²) in [4.78, 5) is 11.7. The monoisotopic (exact) mass is 247 g/mol. The first-order chi connectivity index (χ1) is 8.79. The number of hydrogen-bond donors (Lipinski definition) is 2. The lowest BCUT2D eigenvalue weighted by molar-refractivity contribution is -0.123. The summed E-state index contributed by atoms with van der Waals surface area (Å²) in [5.74, 6) is -0.259. The maximum atomic E-state index is 11.7. The Bertz CT molecular complexity index is 485. The summed E-state index contributed by atoms with van der Waals surface area (Å²) in [6.07, 6.45) is 1.36. The molecule has 0 saturated heterocycles. The molecular weight excluding hydrogens is 234 g/mol. The number of aliphatic hydroxyl groups is 1. The molecule has 1 heterocycles. The molecule has 7 nitrogen and oxygen atoms in total. The number of nitrogens with one attached hydrogen (secondary N) is 1. The van der Waals surface area contributed by atoms with Crippen molar-refractivity contribution in [1.29, 1.82) is 0 Å². The van der Waals surface area contributed by atoms with Crippen LogP contribution >= 0.6 is 0 Å². The van der Waals surface area contributed by atoms with Crippen molar-refractivity contribution in [3.8, 4) is 0 Å². The van der Waals surface area contributed by atoms with Gasteiger partial charge < -0.3 is 10.4 Å². The number of aliphatic hydroxyl groups excluding tert-OH is 1. The highest BCUT2D eigenvalue weighted by Crippen LogP contribution is 2.11. The molecule has 2 aromatic rings. The van der Waals surface area contributed by atoms with Gasteiger partial charge in [0.1, 0.15) is 12.9 Å². The second-order valence-corrected chi connectivity index (χ2v) is 3.72. The molecule has 1 aromatic carbocycles. The van der Waals surface area contributed by atoms with Gasteiger partial charge in [-0.3, -0.25) is 4.79 Å². The van der Waals surface area contributed by atoms with Crippen LogP contribution in [0.2, 0.25) is 0 Å². The topological polar surface area (TPSA) is 92.9 Å². The van der Waals surface area contributed by atoms with Gasteiger partial charge in [0.2, 0.25) is 5.91 Å². The number of rotatable bonds is 5. The molecule has 0 aliphatic rings. The summed E-state index contributed by atoms with van der Waals surface area (Å²) in [6, 6.07) is 8.85. The van der Waals surface area contributed by atoms with Crippen LogP contribution in [-0.4, -0.2) is 37.8 Å². The molecule has 1 amide bonds. The van der Waals surface area contributed by atoms with E-state index in [-0.39, 0.29) is 19.1 Å². The SMILES string of the molecule is O=C(Cn1cnnn1)N[C@@H](CO)c1ccccc1. The third-order valence-corrected chi connectivity index (χ3v) is 2.42. The van der Waals surface area contributed by atoms with Crippen molar-refractivity contribution >= 4 is 5.91 Å². The van der Waals surface area contributed by atoms with E-state index >= 15 is 0 Å². The number of nitrogens with zero attached hydrogens (tertiary/aromatic N) is 4. The quantitative estimate of drug-likeness (QED) is 0.744. The van der Waals surface area contributed by atoms with E-state index in [0.717, 1.165) is 5.56 Å². The third-order valence-electron chi connectivity index (χ3n) is 2.42. The van der Waals surface area contributed by atoms with Gasteiger partial charge in [-0.15, -0.1) is 5.10 Å². The number of tetrazole rings is 1. The fourth-order valence-electron chi connectivity index (χ4n) is 1.56. The first-order valence-corrected chi connectivity index (χ1v) is 5.45. The number of carbonyl (C=O) groups excluding carboxylic acids is 1. The van der Waals surface area contributed by atoms with Crippen LogP contribution in [0.5, 0.6) is 0 Å². The highest BCUT2D eigenvalue weighted by molar-refractivity contribution is 5.76. The Morgan fingerprint density at radius 2 is 2.17 bits per heavy atom. The first-order valence-electron chi connectivity index (χ1n) is 5.45. The molecule has 1 aromatic heterocycles. The molecule has 0 radical (unpaired) electrons. The Balaban J connectivity index is 1.96. The molecule has 18 heavy (non-hydrogen) atoms. The van der Waals surface area contributed by atoms with Gasteiger partial charge in [-0.05, 0) is 16.0 Å². The van der Waals surface area contributed by atoms with Crippen molar-refractivity contribution < 1.29 is 9.90 Å². The molecule has 7 heteroatoms. The molecule has 0 bridgehead atoms. The van der Waals surface area contributed by atoms with E-state index < -0.39 is 6.04 Å². The number of hydrogen-bond acceptors (Lipinski definition) is 5. The average Bonchev–Trinajstić information content (AvgIpc) is 2.90. The van der Waals surface area contributed by atoms with Gasteiger partial charge in [-0.25, -0.2) is 4.68 Å². The van der Waals surface area contributed by atoms with Gasteiger partial charge in [-0.2, -0.15) is 0 Å². The number of aromatic nitrogens is 4. The van der Waals surface area contributed by atoms with Crippen LogP contribution in [-0.2, 0) is 11.3 Å². The molecular formula is C11H13N5O2. The molecule has 2 rings (SSSR count). The Morgan fingerprint density at radius 3 is 2.78 bits per heavy atom. The molecule has 0 unspecified atom stereocenters. The van der Waals surface area contributed by atoms with Crippen LogP contribution in [0.4, 0.5) is 0 Å². The minimum atomic E-state index is -0.421. The van der Waals surface area contributed by atoms with E-state index in [4.69, 9.17) is 0 Å². The summed E-state index contributed by atoms with van der Waals surface area (Å²) < 4.78 is 1.31. The number of benzene rings is 1. The minimum Gasteiger partial charge on any atom is -0.394 e. The molecule has 2 N–H and O–H groups in total. The van der Waals surface area contributed by atoms with Crippen LogP contribution in [0.15, 0.2) is 36.7 Å². The smallest absolute Gasteiger partial charge is 0.242 e. The lowest BCUT2D eigenvalue weighted by atomic mass is 10.1. The molecule has 0 aliphatic carbocycles. The number of amides is 1. The van der Waals surface area contributed by atoms with Gasteiger partial charge in [0.25, 0.3) is 0 Å². The molecule has 1 atom stereocenters. The van der Waals surface area contributed by atoms with Crippen molar-refractivity contribution in [3.05, 3.63) is 42.2 Å². The second kappa shape index (κ2) is 5.87. The fourth-order valence-corrected chi connectivity index (χ4v) is 1.56. The van der Waals surface area contributed by atoms with Crippen molar-refractivity contribution in [3.63, 3.8) is 0 Å². The predicted octanol–water partition coefficient (Wildman–Crippen LogP) is -0.477. The highest BCUT2D eigenvalue weighted by Gasteiger charge is 2.13. The largest absolute Gasteiger partial charge is 0.394 e. The Morgan fingerprint density at radius 1 is 1.39 bits per heavy atom. The minimum absolute atomic E-state index is 0.0241. The molecule has 0 aliphatic heterocycles. The van der Waals surface area contributed by atoms with Crippen LogP contribution in [0.1, 0.15) is 11.6 Å². The number of carbonyl (C=O) groups is 1. The molecule has 0 saturated carbocycles. The predicted molar refractivity (Wildman–Crippen MR) is 62.2 cm³/mol. The average molecular weight is 247 g/mol. The Kier molecular flexibility index (Phi) is 3.98. The Labute approximate surface area is 103 Å². The zero-order chi connectivity index (χ0) is 12.8. The van der Waals surface area contributed by atoms with Crippen LogP contribution < -0.4 is 5.32 Å². The van der Waals surface area contributed by atoms with E-state index in [9.17, 15) is 9.90 Å². The molecule has 0 spiro atoms. The summed E-state index contributed by atoms with van der Waals surface area (Å²) in [6.45, 7) is -0.137. The zero-order valence-electron chi connectivity index (χ0n) is 9.60. The van der Waals surface area contributed by atoms with Crippen molar-refractivity contribution in [2.24, 2.45) is 0 Å². The van der Waals surface area contributed by atoms with Gasteiger partial charge >= 0.3 is 0 Å². The van der Waals surface area contributed by atoms with Gasteiger partial charge in [0.15, 0.2) is 0 Å². The van der Waals surface area contributed by atoms with E-state index in [1.807, 2.05) is 30.3 Å². The summed E-state index contributed by atoms with van der Waals surface area (Å²) >= 11 is 0. The summed E-state index contributed by atoms with van der Waals surface area (Å²) in [5.41, 5.74) is 0.852. The van der Waals surface area contributed by atoms with Crippen LogP contribution in [0.3, 0.4) is 0 Å².